The van der Waals surface area contributed by atoms with Crippen molar-refractivity contribution in [1.82, 2.24) is 15.1 Å². The second-order valence-corrected chi connectivity index (χ2v) is 6.33. The highest BCUT2D eigenvalue weighted by atomic mass is 32.1. The lowest BCUT2D eigenvalue weighted by molar-refractivity contribution is 0.664. The number of hydrogen-bond donors (Lipinski definition) is 1. The van der Waals surface area contributed by atoms with Crippen molar-refractivity contribution in [3.63, 3.8) is 0 Å². The normalized spacial score (nSPS) is 14.7. The van der Waals surface area contributed by atoms with E-state index in [-0.39, 0.29) is 0 Å². The van der Waals surface area contributed by atoms with Crippen LogP contribution in [0.15, 0.2) is 11.4 Å². The van der Waals surface area contributed by atoms with Crippen LogP contribution in [-0.2, 0) is 26.6 Å². The van der Waals surface area contributed by atoms with E-state index in [2.05, 4.69) is 47.7 Å². The molecule has 0 saturated heterocycles. The zero-order valence-electron chi connectivity index (χ0n) is 12.4. The third-order valence-corrected chi connectivity index (χ3v) is 5.00. The minimum absolute atomic E-state index is 0.901. The van der Waals surface area contributed by atoms with Crippen molar-refractivity contribution < 1.29 is 0 Å². The molecule has 1 N–H and O–H groups in total. The average molecular weight is 290 g/mol. The number of nitrogens with zero attached hydrogens (tertiary/aromatic N) is 3. The predicted octanol–water partition coefficient (Wildman–Crippen LogP) is 2.46. The smallest absolute Gasteiger partial charge is 0.131 e. The predicted molar refractivity (Wildman–Crippen MR) is 84.4 cm³/mol. The van der Waals surface area contributed by atoms with Crippen LogP contribution in [0.5, 0.6) is 0 Å². The van der Waals surface area contributed by atoms with Gasteiger partial charge in [-0.15, -0.1) is 11.3 Å². The van der Waals surface area contributed by atoms with E-state index in [0.717, 1.165) is 38.3 Å². The first-order valence-electron chi connectivity index (χ1n) is 7.24. The first-order chi connectivity index (χ1) is 9.70. The summed E-state index contributed by atoms with van der Waals surface area (Å²) in [6.45, 7) is 8.24. The summed E-state index contributed by atoms with van der Waals surface area (Å²) in [5.41, 5.74) is 3.96. The summed E-state index contributed by atoms with van der Waals surface area (Å²) >= 11 is 1.89. The van der Waals surface area contributed by atoms with Crippen molar-refractivity contribution in [2.45, 2.75) is 33.4 Å². The Kier molecular flexibility index (Phi) is 3.81. The summed E-state index contributed by atoms with van der Waals surface area (Å²) in [6, 6.07) is 2.26. The van der Waals surface area contributed by atoms with Crippen LogP contribution in [0.3, 0.4) is 0 Å². The number of rotatable bonds is 4. The Bertz CT molecular complexity index is 599. The van der Waals surface area contributed by atoms with Crippen LogP contribution in [0.2, 0.25) is 0 Å². The summed E-state index contributed by atoms with van der Waals surface area (Å²) in [7, 11) is 2.06. The molecule has 1 aliphatic heterocycles. The Morgan fingerprint density at radius 3 is 3.10 bits per heavy atom. The molecule has 0 aliphatic carbocycles. The first kappa shape index (κ1) is 13.6. The van der Waals surface area contributed by atoms with Gasteiger partial charge in [-0.05, 0) is 36.9 Å². The van der Waals surface area contributed by atoms with Gasteiger partial charge in [0.25, 0.3) is 0 Å². The molecule has 1 aliphatic rings. The maximum absolute atomic E-state index is 4.62. The monoisotopic (exact) mass is 290 g/mol. The molecule has 3 heterocycles. The van der Waals surface area contributed by atoms with Gasteiger partial charge in [0.05, 0.1) is 5.69 Å². The Morgan fingerprint density at radius 2 is 2.30 bits per heavy atom. The van der Waals surface area contributed by atoms with Crippen LogP contribution in [0, 0.1) is 6.92 Å². The van der Waals surface area contributed by atoms with E-state index in [1.807, 2.05) is 16.0 Å². The van der Waals surface area contributed by atoms with Gasteiger partial charge < -0.3 is 10.2 Å². The van der Waals surface area contributed by atoms with Crippen LogP contribution in [0.25, 0.3) is 0 Å². The van der Waals surface area contributed by atoms with Gasteiger partial charge >= 0.3 is 0 Å². The maximum Gasteiger partial charge on any atom is 0.131 e. The first-order valence-corrected chi connectivity index (χ1v) is 8.12. The van der Waals surface area contributed by atoms with Crippen LogP contribution in [-0.4, -0.2) is 22.9 Å². The molecular formula is C15H22N4S. The molecule has 4 nitrogen and oxygen atoms in total. The SMILES string of the molecule is CCNCc1c(C)nn(C)c1N1CCc2sccc2C1. The summed E-state index contributed by atoms with van der Waals surface area (Å²) in [5.74, 6) is 1.28. The summed E-state index contributed by atoms with van der Waals surface area (Å²) in [4.78, 5) is 4.02. The fourth-order valence-electron chi connectivity index (χ4n) is 2.97. The molecule has 108 valence electrons. The third kappa shape index (κ3) is 2.36. The molecule has 3 rings (SSSR count). The highest BCUT2D eigenvalue weighted by Gasteiger charge is 2.23. The van der Waals surface area contributed by atoms with Crippen molar-refractivity contribution >= 4 is 17.2 Å². The number of thiophene rings is 1. The standard InChI is InChI=1S/C15H22N4S/c1-4-16-9-13-11(2)17-18(3)15(13)19-7-5-14-12(10-19)6-8-20-14/h6,8,16H,4-5,7,9-10H2,1-3H3. The van der Waals surface area contributed by atoms with Crippen molar-refractivity contribution in [3.8, 4) is 0 Å². The number of fused-ring (bicyclic) bond motifs is 1. The molecule has 5 heteroatoms. The Morgan fingerprint density at radius 1 is 1.45 bits per heavy atom. The lowest BCUT2D eigenvalue weighted by Crippen LogP contribution is -2.32. The Balaban J connectivity index is 1.90. The second-order valence-electron chi connectivity index (χ2n) is 5.33. The van der Waals surface area contributed by atoms with Crippen molar-refractivity contribution in [2.75, 3.05) is 18.0 Å². The third-order valence-electron chi connectivity index (χ3n) is 3.97. The van der Waals surface area contributed by atoms with E-state index in [4.69, 9.17) is 0 Å². The van der Waals surface area contributed by atoms with Crippen molar-refractivity contribution in [1.29, 1.82) is 0 Å². The molecule has 0 fully saturated rings. The number of aryl methyl sites for hydroxylation is 2. The molecule has 0 atom stereocenters. The van der Waals surface area contributed by atoms with Gasteiger partial charge in [-0.3, -0.25) is 4.68 Å². The van der Waals surface area contributed by atoms with Crippen LogP contribution in [0.4, 0.5) is 5.82 Å². The number of anilines is 1. The van der Waals surface area contributed by atoms with E-state index in [1.165, 1.54) is 16.9 Å². The summed E-state index contributed by atoms with van der Waals surface area (Å²) < 4.78 is 2.04. The lowest BCUT2D eigenvalue weighted by Gasteiger charge is -2.29. The zero-order chi connectivity index (χ0) is 14.1. The van der Waals surface area contributed by atoms with Crippen molar-refractivity contribution in [3.05, 3.63) is 33.1 Å². The molecule has 0 spiro atoms. The Labute approximate surface area is 124 Å². The number of nitrogens with one attached hydrogen (secondary N) is 1. The fraction of sp³-hybridized carbons (Fsp3) is 0.533. The minimum atomic E-state index is 0.901. The zero-order valence-corrected chi connectivity index (χ0v) is 13.3. The van der Waals surface area contributed by atoms with Gasteiger partial charge in [-0.1, -0.05) is 6.92 Å². The lowest BCUT2D eigenvalue weighted by atomic mass is 10.1. The molecular weight excluding hydrogens is 268 g/mol. The van der Waals surface area contributed by atoms with E-state index in [1.54, 1.807) is 4.88 Å². The van der Waals surface area contributed by atoms with Crippen molar-refractivity contribution in [2.24, 2.45) is 7.05 Å². The van der Waals surface area contributed by atoms with E-state index >= 15 is 0 Å². The quantitative estimate of drug-likeness (QED) is 0.939. The van der Waals surface area contributed by atoms with Crippen LogP contribution >= 0.6 is 11.3 Å². The van der Waals surface area contributed by atoms with E-state index < -0.39 is 0 Å². The van der Waals surface area contributed by atoms with E-state index in [0.29, 0.717) is 0 Å². The molecule has 0 radical (unpaired) electrons. The molecule has 0 bridgehead atoms. The molecule has 0 saturated carbocycles. The van der Waals surface area contributed by atoms with Crippen LogP contribution < -0.4 is 10.2 Å². The summed E-state index contributed by atoms with van der Waals surface area (Å²) in [6.07, 6.45) is 1.15. The molecule has 20 heavy (non-hydrogen) atoms. The fourth-order valence-corrected chi connectivity index (χ4v) is 3.86. The van der Waals surface area contributed by atoms with Gasteiger partial charge in [-0.25, -0.2) is 0 Å². The number of hydrogen-bond acceptors (Lipinski definition) is 4. The highest BCUT2D eigenvalue weighted by molar-refractivity contribution is 7.10. The van der Waals surface area contributed by atoms with Gasteiger partial charge in [0.15, 0.2) is 0 Å². The van der Waals surface area contributed by atoms with Crippen LogP contribution in [0.1, 0.15) is 28.6 Å². The topological polar surface area (TPSA) is 33.1 Å². The molecule has 2 aromatic heterocycles. The average Bonchev–Trinajstić information content (AvgIpc) is 2.99. The van der Waals surface area contributed by atoms with Gasteiger partial charge in [-0.2, -0.15) is 5.10 Å². The minimum Gasteiger partial charge on any atom is -0.352 e. The second kappa shape index (κ2) is 5.58. The van der Waals surface area contributed by atoms with Gasteiger partial charge in [0, 0.05) is 37.1 Å². The largest absolute Gasteiger partial charge is 0.352 e. The van der Waals surface area contributed by atoms with Gasteiger partial charge in [0.2, 0.25) is 0 Å². The number of aromatic nitrogens is 2. The molecule has 2 aromatic rings. The maximum atomic E-state index is 4.62. The highest BCUT2D eigenvalue weighted by Crippen LogP contribution is 2.30. The molecule has 0 aromatic carbocycles. The summed E-state index contributed by atoms with van der Waals surface area (Å²) in [5, 5.41) is 10.3. The molecule has 0 unspecified atom stereocenters. The van der Waals surface area contributed by atoms with E-state index in [9.17, 15) is 0 Å². The molecule has 0 amide bonds. The Hall–Kier alpha value is -1.33. The van der Waals surface area contributed by atoms with Gasteiger partial charge in [0.1, 0.15) is 5.82 Å².